The van der Waals surface area contributed by atoms with Gasteiger partial charge in [-0.2, -0.15) is 0 Å². The molecule has 0 aliphatic rings. The van der Waals surface area contributed by atoms with Gasteiger partial charge in [0.15, 0.2) is 0 Å². The van der Waals surface area contributed by atoms with Crippen molar-refractivity contribution in [2.24, 2.45) is 0 Å². The summed E-state index contributed by atoms with van der Waals surface area (Å²) in [4.78, 5) is 11.7. The van der Waals surface area contributed by atoms with Crippen LogP contribution in [0.4, 0.5) is 16.5 Å². The SMILES string of the molecule is C[C@H](NC(=O)OC(C)(C)C)c1nnc(Nc2ccccc2)o1. The van der Waals surface area contributed by atoms with E-state index in [0.29, 0.717) is 5.89 Å². The minimum absolute atomic E-state index is 0.263. The van der Waals surface area contributed by atoms with Crippen LogP contribution in [0.15, 0.2) is 34.7 Å². The van der Waals surface area contributed by atoms with Crippen LogP contribution in [0.3, 0.4) is 0 Å². The molecule has 0 bridgehead atoms. The average molecular weight is 304 g/mol. The number of carbonyl (C=O) groups excluding carboxylic acids is 1. The van der Waals surface area contributed by atoms with Gasteiger partial charge in [-0.05, 0) is 39.8 Å². The molecule has 118 valence electrons. The number of aromatic nitrogens is 2. The van der Waals surface area contributed by atoms with E-state index in [1.165, 1.54) is 0 Å². The first kappa shape index (κ1) is 15.8. The molecule has 0 unspecified atom stereocenters. The van der Waals surface area contributed by atoms with Crippen LogP contribution in [0, 0.1) is 0 Å². The van der Waals surface area contributed by atoms with E-state index in [1.807, 2.05) is 30.3 Å². The van der Waals surface area contributed by atoms with E-state index < -0.39 is 17.7 Å². The predicted molar refractivity (Wildman–Crippen MR) is 81.8 cm³/mol. The maximum atomic E-state index is 11.7. The van der Waals surface area contributed by atoms with E-state index in [2.05, 4.69) is 20.8 Å². The van der Waals surface area contributed by atoms with Crippen LogP contribution < -0.4 is 10.6 Å². The zero-order valence-electron chi connectivity index (χ0n) is 13.1. The second kappa shape index (κ2) is 6.46. The summed E-state index contributed by atoms with van der Waals surface area (Å²) in [5, 5.41) is 13.4. The van der Waals surface area contributed by atoms with Gasteiger partial charge < -0.3 is 19.8 Å². The number of hydrogen-bond acceptors (Lipinski definition) is 6. The fourth-order valence-corrected chi connectivity index (χ4v) is 1.65. The molecule has 0 saturated carbocycles. The number of ether oxygens (including phenoxy) is 1. The molecule has 22 heavy (non-hydrogen) atoms. The number of para-hydroxylation sites is 1. The van der Waals surface area contributed by atoms with E-state index in [1.54, 1.807) is 27.7 Å². The minimum atomic E-state index is -0.557. The van der Waals surface area contributed by atoms with Crippen molar-refractivity contribution < 1.29 is 13.9 Å². The molecular weight excluding hydrogens is 284 g/mol. The molecule has 1 amide bonds. The lowest BCUT2D eigenvalue weighted by Gasteiger charge is -2.20. The number of carbonyl (C=O) groups is 1. The summed E-state index contributed by atoms with van der Waals surface area (Å²) in [6, 6.07) is 9.28. The van der Waals surface area contributed by atoms with Gasteiger partial charge in [-0.25, -0.2) is 4.79 Å². The molecule has 7 heteroatoms. The van der Waals surface area contributed by atoms with Crippen LogP contribution >= 0.6 is 0 Å². The maximum Gasteiger partial charge on any atom is 0.408 e. The van der Waals surface area contributed by atoms with Crippen LogP contribution in [-0.4, -0.2) is 21.9 Å². The van der Waals surface area contributed by atoms with E-state index in [9.17, 15) is 4.79 Å². The molecule has 0 aliphatic heterocycles. The van der Waals surface area contributed by atoms with Crippen molar-refractivity contribution in [3.8, 4) is 0 Å². The van der Waals surface area contributed by atoms with Crippen LogP contribution in [0.1, 0.15) is 39.6 Å². The van der Waals surface area contributed by atoms with Crippen LogP contribution in [-0.2, 0) is 4.74 Å². The van der Waals surface area contributed by atoms with Gasteiger partial charge in [0.1, 0.15) is 11.6 Å². The molecule has 2 rings (SSSR count). The minimum Gasteiger partial charge on any atom is -0.444 e. The summed E-state index contributed by atoms with van der Waals surface area (Å²) in [7, 11) is 0. The third-order valence-corrected chi connectivity index (χ3v) is 2.57. The summed E-state index contributed by atoms with van der Waals surface area (Å²) in [5.74, 6) is 0.296. The Balaban J connectivity index is 1.94. The molecule has 0 aliphatic carbocycles. The summed E-state index contributed by atoms with van der Waals surface area (Å²) in [5.41, 5.74) is 0.282. The van der Waals surface area contributed by atoms with Crippen molar-refractivity contribution in [2.45, 2.75) is 39.3 Å². The van der Waals surface area contributed by atoms with Crippen LogP contribution in [0.2, 0.25) is 0 Å². The Hall–Kier alpha value is -2.57. The summed E-state index contributed by atoms with van der Waals surface area (Å²) >= 11 is 0. The van der Waals surface area contributed by atoms with E-state index >= 15 is 0 Å². The van der Waals surface area contributed by atoms with Gasteiger partial charge in [0.25, 0.3) is 0 Å². The molecule has 0 fully saturated rings. The Bertz CT molecular complexity index is 619. The number of hydrogen-bond donors (Lipinski definition) is 2. The lowest BCUT2D eigenvalue weighted by atomic mass is 10.2. The molecular formula is C15H20N4O3. The molecule has 1 aromatic heterocycles. The highest BCUT2D eigenvalue weighted by atomic mass is 16.6. The van der Waals surface area contributed by atoms with Crippen molar-refractivity contribution >= 4 is 17.8 Å². The zero-order valence-corrected chi connectivity index (χ0v) is 13.1. The molecule has 7 nitrogen and oxygen atoms in total. The first-order chi connectivity index (χ1) is 10.3. The molecule has 1 heterocycles. The highest BCUT2D eigenvalue weighted by molar-refractivity contribution is 5.68. The quantitative estimate of drug-likeness (QED) is 0.900. The number of anilines is 2. The second-order valence-corrected chi connectivity index (χ2v) is 5.80. The van der Waals surface area contributed by atoms with E-state index in [4.69, 9.17) is 9.15 Å². The van der Waals surface area contributed by atoms with Crippen molar-refractivity contribution in [2.75, 3.05) is 5.32 Å². The van der Waals surface area contributed by atoms with E-state index in [-0.39, 0.29) is 6.01 Å². The Labute approximate surface area is 129 Å². The van der Waals surface area contributed by atoms with Crippen molar-refractivity contribution in [3.05, 3.63) is 36.2 Å². The van der Waals surface area contributed by atoms with Crippen LogP contribution in [0.5, 0.6) is 0 Å². The van der Waals surface area contributed by atoms with Gasteiger partial charge >= 0.3 is 12.1 Å². The highest BCUT2D eigenvalue weighted by Gasteiger charge is 2.21. The molecule has 0 radical (unpaired) electrons. The average Bonchev–Trinajstić information content (AvgIpc) is 2.86. The Kier molecular flexibility index (Phi) is 4.65. The standard InChI is InChI=1S/C15H20N4O3/c1-10(16-14(20)22-15(2,3)4)12-18-19-13(21-12)17-11-8-6-5-7-9-11/h5-10H,1-4H3,(H,16,20)(H,17,19)/t10-/m0/s1. The monoisotopic (exact) mass is 304 g/mol. The van der Waals surface area contributed by atoms with Gasteiger partial charge in [-0.15, -0.1) is 5.10 Å². The first-order valence-corrected chi connectivity index (χ1v) is 6.98. The largest absolute Gasteiger partial charge is 0.444 e. The Morgan fingerprint density at radius 2 is 1.91 bits per heavy atom. The number of rotatable bonds is 4. The predicted octanol–water partition coefficient (Wildman–Crippen LogP) is 3.40. The normalized spacial score (nSPS) is 12.5. The third-order valence-electron chi connectivity index (χ3n) is 2.57. The number of alkyl carbamates (subject to hydrolysis) is 1. The number of nitrogens with one attached hydrogen (secondary N) is 2. The fraction of sp³-hybridized carbons (Fsp3) is 0.400. The van der Waals surface area contributed by atoms with Gasteiger partial charge in [0, 0.05) is 5.69 Å². The summed E-state index contributed by atoms with van der Waals surface area (Å²) in [6.07, 6.45) is -0.532. The van der Waals surface area contributed by atoms with Crippen molar-refractivity contribution in [3.63, 3.8) is 0 Å². The molecule has 1 aromatic carbocycles. The van der Waals surface area contributed by atoms with Gasteiger partial charge in [-0.1, -0.05) is 23.3 Å². The van der Waals surface area contributed by atoms with E-state index in [0.717, 1.165) is 5.69 Å². The van der Waals surface area contributed by atoms with Crippen molar-refractivity contribution in [1.29, 1.82) is 0 Å². The molecule has 0 saturated heterocycles. The second-order valence-electron chi connectivity index (χ2n) is 5.80. The Morgan fingerprint density at radius 3 is 2.55 bits per heavy atom. The lowest BCUT2D eigenvalue weighted by Crippen LogP contribution is -2.34. The Morgan fingerprint density at radius 1 is 1.23 bits per heavy atom. The topological polar surface area (TPSA) is 89.3 Å². The van der Waals surface area contributed by atoms with Gasteiger partial charge in [-0.3, -0.25) is 0 Å². The number of benzene rings is 1. The summed E-state index contributed by atoms with van der Waals surface area (Å²) in [6.45, 7) is 7.13. The molecule has 2 aromatic rings. The first-order valence-electron chi connectivity index (χ1n) is 6.98. The van der Waals surface area contributed by atoms with Gasteiger partial charge in [0.2, 0.25) is 5.89 Å². The highest BCUT2D eigenvalue weighted by Crippen LogP contribution is 2.18. The van der Waals surface area contributed by atoms with Gasteiger partial charge in [0.05, 0.1) is 0 Å². The maximum absolute atomic E-state index is 11.7. The van der Waals surface area contributed by atoms with Crippen LogP contribution in [0.25, 0.3) is 0 Å². The number of amides is 1. The number of nitrogens with zero attached hydrogens (tertiary/aromatic N) is 2. The summed E-state index contributed by atoms with van der Waals surface area (Å²) < 4.78 is 10.7. The lowest BCUT2D eigenvalue weighted by molar-refractivity contribution is 0.0501. The molecule has 0 spiro atoms. The molecule has 2 N–H and O–H groups in total. The zero-order chi connectivity index (χ0) is 16.2. The van der Waals surface area contributed by atoms with Crippen molar-refractivity contribution in [1.82, 2.24) is 15.5 Å². The fourth-order valence-electron chi connectivity index (χ4n) is 1.65. The molecule has 1 atom stereocenters. The third kappa shape index (κ3) is 4.76. The smallest absolute Gasteiger partial charge is 0.408 e.